The number of esters is 2. The second kappa shape index (κ2) is 12.9. The van der Waals surface area contributed by atoms with Crippen molar-refractivity contribution < 1.29 is 32.0 Å². The molecule has 37 heavy (non-hydrogen) atoms. The Morgan fingerprint density at radius 3 is 1.22 bits per heavy atom. The third-order valence-corrected chi connectivity index (χ3v) is 8.02. The van der Waals surface area contributed by atoms with Gasteiger partial charge in [-0.3, -0.25) is 0 Å². The minimum Gasteiger partial charge on any atom is -0.744 e. The smallest absolute Gasteiger partial charge is 0.337 e. The lowest BCUT2D eigenvalue weighted by molar-refractivity contribution is 0.0598. The molecule has 4 rings (SSSR count). The van der Waals surface area contributed by atoms with Crippen LogP contribution in [0.15, 0.2) is 129 Å². The Labute approximate surface area is 218 Å². The summed E-state index contributed by atoms with van der Waals surface area (Å²) < 4.78 is 41.5. The van der Waals surface area contributed by atoms with Gasteiger partial charge in [-0.05, 0) is 54.6 Å². The Morgan fingerprint density at radius 2 is 0.946 bits per heavy atom. The molecule has 9 heteroatoms. The van der Waals surface area contributed by atoms with Crippen molar-refractivity contribution in [2.24, 2.45) is 0 Å². The SMILES string of the molecule is COC(=O)c1cc(C(=O)OC)cc(S(=O)(=O)[O-])c1.c1ccc([S+](c2ccccc2)c2ccccc2)cc1. The molecule has 0 radical (unpaired) electrons. The summed E-state index contributed by atoms with van der Waals surface area (Å²) in [5.41, 5.74) is -0.454. The molecule has 0 bridgehead atoms. The zero-order chi connectivity index (χ0) is 26.8. The van der Waals surface area contributed by atoms with E-state index in [1.165, 1.54) is 14.7 Å². The molecule has 0 amide bonds. The van der Waals surface area contributed by atoms with E-state index in [0.29, 0.717) is 0 Å². The van der Waals surface area contributed by atoms with E-state index < -0.39 is 27.0 Å². The van der Waals surface area contributed by atoms with Gasteiger partial charge < -0.3 is 14.0 Å². The van der Waals surface area contributed by atoms with Gasteiger partial charge in [0.2, 0.25) is 0 Å². The molecule has 190 valence electrons. The summed E-state index contributed by atoms with van der Waals surface area (Å²) in [6.07, 6.45) is 0. The number of carbonyl (C=O) groups excluding carboxylic acids is 2. The van der Waals surface area contributed by atoms with Crippen LogP contribution in [-0.4, -0.2) is 39.1 Å². The molecule has 0 spiro atoms. The van der Waals surface area contributed by atoms with Gasteiger partial charge >= 0.3 is 11.9 Å². The molecular weight excluding hydrogens is 512 g/mol. The Morgan fingerprint density at radius 1 is 0.622 bits per heavy atom. The van der Waals surface area contributed by atoms with Crippen LogP contribution in [0, 0.1) is 0 Å². The molecule has 4 aromatic rings. The molecule has 0 atom stereocenters. The summed E-state index contributed by atoms with van der Waals surface area (Å²) >= 11 is 0. The second-order valence-electron chi connectivity index (χ2n) is 7.43. The van der Waals surface area contributed by atoms with E-state index in [-0.39, 0.29) is 22.0 Å². The lowest BCUT2D eigenvalue weighted by atomic mass is 10.1. The van der Waals surface area contributed by atoms with Gasteiger partial charge in [0.25, 0.3) is 0 Å². The Bertz CT molecular complexity index is 1310. The van der Waals surface area contributed by atoms with Crippen LogP contribution >= 0.6 is 0 Å². The highest BCUT2D eigenvalue weighted by Crippen LogP contribution is 2.30. The van der Waals surface area contributed by atoms with Gasteiger partial charge in [0.15, 0.2) is 14.7 Å². The molecule has 0 heterocycles. The predicted octanol–water partition coefficient (Wildman–Crippen LogP) is 4.95. The minimum atomic E-state index is -4.80. The molecule has 0 aliphatic heterocycles. The molecule has 0 saturated heterocycles. The number of benzene rings is 4. The third-order valence-electron chi connectivity index (χ3n) is 4.97. The molecule has 4 aromatic carbocycles. The highest BCUT2D eigenvalue weighted by atomic mass is 32.2. The largest absolute Gasteiger partial charge is 0.744 e. The summed E-state index contributed by atoms with van der Waals surface area (Å²) in [6.45, 7) is 0. The second-order valence-corrected chi connectivity index (χ2v) is 10.8. The van der Waals surface area contributed by atoms with Crippen molar-refractivity contribution in [2.45, 2.75) is 19.6 Å². The van der Waals surface area contributed by atoms with Crippen molar-refractivity contribution in [2.75, 3.05) is 14.2 Å². The summed E-state index contributed by atoms with van der Waals surface area (Å²) in [5.74, 6) is -1.74. The molecule has 7 nitrogen and oxygen atoms in total. The summed E-state index contributed by atoms with van der Waals surface area (Å²) in [7, 11) is -2.65. The van der Waals surface area contributed by atoms with Crippen molar-refractivity contribution in [3.8, 4) is 0 Å². The molecule has 0 aliphatic carbocycles. The fourth-order valence-electron chi connectivity index (χ4n) is 3.29. The Kier molecular flexibility index (Phi) is 9.62. The first-order chi connectivity index (χ1) is 17.7. The first kappa shape index (κ1) is 27.7. The van der Waals surface area contributed by atoms with E-state index >= 15 is 0 Å². The van der Waals surface area contributed by atoms with Crippen LogP contribution in [0.25, 0.3) is 0 Å². The van der Waals surface area contributed by atoms with Crippen molar-refractivity contribution in [3.63, 3.8) is 0 Å². The number of hydrogen-bond acceptors (Lipinski definition) is 7. The van der Waals surface area contributed by atoms with E-state index in [2.05, 4.69) is 100 Å². The number of hydrogen-bond donors (Lipinski definition) is 0. The van der Waals surface area contributed by atoms with Gasteiger partial charge in [-0.15, -0.1) is 0 Å². The summed E-state index contributed by atoms with van der Waals surface area (Å²) in [5, 5.41) is 0. The number of rotatable bonds is 6. The number of ether oxygens (including phenoxy) is 2. The van der Waals surface area contributed by atoms with E-state index in [9.17, 15) is 22.6 Å². The predicted molar refractivity (Wildman–Crippen MR) is 139 cm³/mol. The number of carbonyl (C=O) groups is 2. The van der Waals surface area contributed by atoms with Crippen LogP contribution in [0.4, 0.5) is 0 Å². The van der Waals surface area contributed by atoms with E-state index in [1.54, 1.807) is 0 Å². The Hall–Kier alpha value is -3.92. The maximum Gasteiger partial charge on any atom is 0.337 e. The monoisotopic (exact) mass is 536 g/mol. The van der Waals surface area contributed by atoms with Crippen LogP contribution in [-0.2, 0) is 30.5 Å². The van der Waals surface area contributed by atoms with Crippen molar-refractivity contribution in [1.29, 1.82) is 0 Å². The summed E-state index contributed by atoms with van der Waals surface area (Å²) in [6, 6.07) is 34.9. The average Bonchev–Trinajstić information content (AvgIpc) is 2.93. The topological polar surface area (TPSA) is 110 Å². The molecule has 0 unspecified atom stereocenters. The van der Waals surface area contributed by atoms with Crippen LogP contribution < -0.4 is 0 Å². The highest BCUT2D eigenvalue weighted by Gasteiger charge is 2.27. The van der Waals surface area contributed by atoms with Gasteiger partial charge in [-0.25, -0.2) is 18.0 Å². The van der Waals surface area contributed by atoms with Gasteiger partial charge in [0.1, 0.15) is 10.1 Å². The zero-order valence-corrected chi connectivity index (χ0v) is 21.7. The normalized spacial score (nSPS) is 10.7. The summed E-state index contributed by atoms with van der Waals surface area (Å²) in [4.78, 5) is 25.9. The zero-order valence-electron chi connectivity index (χ0n) is 20.1. The molecule has 0 saturated carbocycles. The van der Waals surface area contributed by atoms with Crippen molar-refractivity contribution in [3.05, 3.63) is 120 Å². The molecular formula is C28H24O7S2. The van der Waals surface area contributed by atoms with Crippen LogP contribution in [0.3, 0.4) is 0 Å². The van der Waals surface area contributed by atoms with Crippen molar-refractivity contribution in [1.82, 2.24) is 0 Å². The van der Waals surface area contributed by atoms with Gasteiger partial charge in [0.05, 0.1) is 41.1 Å². The van der Waals surface area contributed by atoms with Gasteiger partial charge in [-0.2, -0.15) is 0 Å². The van der Waals surface area contributed by atoms with Crippen LogP contribution in [0.2, 0.25) is 0 Å². The quantitative estimate of drug-likeness (QED) is 0.195. The lowest BCUT2D eigenvalue weighted by Crippen LogP contribution is -2.10. The Balaban J connectivity index is 0.000000206. The number of methoxy groups -OCH3 is 2. The fraction of sp³-hybridized carbons (Fsp3) is 0.0714. The molecule has 0 aromatic heterocycles. The highest BCUT2D eigenvalue weighted by molar-refractivity contribution is 7.97. The van der Waals surface area contributed by atoms with Crippen LogP contribution in [0.5, 0.6) is 0 Å². The maximum atomic E-state index is 11.3. The average molecular weight is 537 g/mol. The molecule has 0 fully saturated rings. The minimum absolute atomic E-state index is 0.0146. The maximum absolute atomic E-state index is 11.3. The molecule has 0 aliphatic rings. The third kappa shape index (κ3) is 7.53. The first-order valence-electron chi connectivity index (χ1n) is 10.9. The van der Waals surface area contributed by atoms with Crippen molar-refractivity contribution >= 4 is 33.0 Å². The lowest BCUT2D eigenvalue weighted by Gasteiger charge is -2.10. The van der Waals surface area contributed by atoms with E-state index in [4.69, 9.17) is 0 Å². The fourth-order valence-corrected chi connectivity index (χ4v) is 5.94. The standard InChI is InChI=1S/C18H15S.C10H10O7S/c1-4-10-16(11-5-1)19(17-12-6-2-7-13-17)18-14-8-3-9-15-18;1-16-9(11)6-3-7(10(12)17-2)5-8(4-6)18(13,14)15/h1-15H;3-5H,1-2H3,(H,13,14,15)/q+1;/p-1. The molecule has 0 N–H and O–H groups in total. The van der Waals surface area contributed by atoms with Crippen LogP contribution in [0.1, 0.15) is 20.7 Å². The van der Waals surface area contributed by atoms with Gasteiger partial charge in [-0.1, -0.05) is 54.6 Å². The van der Waals surface area contributed by atoms with E-state index in [1.807, 2.05) is 0 Å². The first-order valence-corrected chi connectivity index (χ1v) is 13.5. The van der Waals surface area contributed by atoms with E-state index in [0.717, 1.165) is 32.4 Å². The van der Waals surface area contributed by atoms with Gasteiger partial charge in [0, 0.05) is 0 Å².